The summed E-state index contributed by atoms with van der Waals surface area (Å²) in [6, 6.07) is 8.28. The van der Waals surface area contributed by atoms with Crippen LogP contribution in [-0.4, -0.2) is 29.3 Å². The first-order valence-corrected chi connectivity index (χ1v) is 4.81. The molecule has 0 unspecified atom stereocenters. The van der Waals surface area contributed by atoms with Crippen LogP contribution < -0.4 is 0 Å². The molecule has 0 bridgehead atoms. The summed E-state index contributed by atoms with van der Waals surface area (Å²) in [5.74, 6) is 0.606. The summed E-state index contributed by atoms with van der Waals surface area (Å²) in [5.41, 5.74) is 1.18. The van der Waals surface area contributed by atoms with E-state index in [4.69, 9.17) is 11.6 Å². The molecule has 0 spiro atoms. The fourth-order valence-electron chi connectivity index (χ4n) is 0.715. The third-order valence-corrected chi connectivity index (χ3v) is 2.37. The van der Waals surface area contributed by atoms with Gasteiger partial charge in [0.1, 0.15) is 0 Å². The highest BCUT2D eigenvalue weighted by atomic mass is 35.5. The Morgan fingerprint density at radius 3 is 2.18 bits per heavy atom. The van der Waals surface area contributed by atoms with Crippen molar-refractivity contribution in [3.8, 4) is 0 Å². The number of hydrogen-bond donors (Lipinski definition) is 0. The summed E-state index contributed by atoms with van der Waals surface area (Å²) in [6.07, 6.45) is 2.07. The Kier molecular flexibility index (Phi) is 6.53. The van der Waals surface area contributed by atoms with Gasteiger partial charge >= 0.3 is 23.1 Å². The van der Waals surface area contributed by atoms with E-state index in [0.29, 0.717) is 5.88 Å². The van der Waals surface area contributed by atoms with Gasteiger partial charge in [-0.1, -0.05) is 12.1 Å². The first kappa shape index (κ1) is 11.6. The average molecular weight is 199 g/mol. The Morgan fingerprint density at radius 2 is 1.82 bits per heavy atom. The highest BCUT2D eigenvalue weighted by Gasteiger charge is 1.89. The lowest BCUT2D eigenvalue weighted by Crippen LogP contribution is -1.75. The molecule has 58 valence electrons. The second-order valence-corrected chi connectivity index (χ2v) is 3.13. The van der Waals surface area contributed by atoms with Gasteiger partial charge in [0, 0.05) is 10.8 Å². The number of thioether (sulfide) groups is 1. The minimum absolute atomic E-state index is 0. The molecule has 11 heavy (non-hydrogen) atoms. The maximum Gasteiger partial charge on any atom is 0.316 e. The maximum atomic E-state index is 5.62. The van der Waals surface area contributed by atoms with Crippen LogP contribution in [0.2, 0.25) is 0 Å². The van der Waals surface area contributed by atoms with Crippen LogP contribution in [0.15, 0.2) is 29.2 Å². The van der Waals surface area contributed by atoms with E-state index in [1.807, 2.05) is 0 Å². The molecule has 0 aliphatic carbocycles. The minimum Gasteiger partial charge on any atom is -0.130 e. The Morgan fingerprint density at radius 1 is 1.27 bits per heavy atom. The van der Waals surface area contributed by atoms with E-state index >= 15 is 0 Å². The van der Waals surface area contributed by atoms with Gasteiger partial charge in [0.15, 0.2) is 0 Å². The van der Waals surface area contributed by atoms with Crippen LogP contribution in [0, 0.1) is 0 Å². The molecule has 0 nitrogen and oxygen atoms in total. The standard InChI is InChI=1S/C8H9ClS.Mg.2H/c1-10-8-4-2-7(6-9)3-5-8;;;/h2-5H,6H2,1H3;;;. The average Bonchev–Trinajstić information content (AvgIpc) is 2.05. The van der Waals surface area contributed by atoms with Gasteiger partial charge in [-0.25, -0.2) is 0 Å². The Hall–Kier alpha value is 0.626. The highest BCUT2D eigenvalue weighted by molar-refractivity contribution is 7.98. The van der Waals surface area contributed by atoms with Crippen molar-refractivity contribution in [1.29, 1.82) is 0 Å². The van der Waals surface area contributed by atoms with Gasteiger partial charge < -0.3 is 0 Å². The first-order valence-electron chi connectivity index (χ1n) is 3.05. The zero-order valence-corrected chi connectivity index (χ0v) is 7.38. The van der Waals surface area contributed by atoms with E-state index in [-0.39, 0.29) is 23.1 Å². The van der Waals surface area contributed by atoms with E-state index in [1.165, 1.54) is 10.5 Å². The van der Waals surface area contributed by atoms with E-state index in [1.54, 1.807) is 11.8 Å². The number of hydrogen-bond acceptors (Lipinski definition) is 1. The summed E-state index contributed by atoms with van der Waals surface area (Å²) in [4.78, 5) is 1.29. The summed E-state index contributed by atoms with van der Waals surface area (Å²) in [6.45, 7) is 0. The van der Waals surface area contributed by atoms with Crippen molar-refractivity contribution >= 4 is 46.4 Å². The molecule has 1 aromatic carbocycles. The zero-order chi connectivity index (χ0) is 7.40. The number of benzene rings is 1. The first-order chi connectivity index (χ1) is 4.86. The topological polar surface area (TPSA) is 0 Å². The second-order valence-electron chi connectivity index (χ2n) is 1.98. The lowest BCUT2D eigenvalue weighted by atomic mass is 10.2. The van der Waals surface area contributed by atoms with E-state index in [0.717, 1.165) is 0 Å². The number of halogens is 1. The molecule has 0 saturated carbocycles. The van der Waals surface area contributed by atoms with Crippen molar-refractivity contribution in [1.82, 2.24) is 0 Å². The molecule has 0 saturated heterocycles. The monoisotopic (exact) mass is 198 g/mol. The fourth-order valence-corrected chi connectivity index (χ4v) is 1.30. The molecule has 0 aromatic heterocycles. The molecule has 0 atom stereocenters. The third-order valence-electron chi connectivity index (χ3n) is 1.31. The van der Waals surface area contributed by atoms with Gasteiger partial charge in [0.2, 0.25) is 0 Å². The summed E-state index contributed by atoms with van der Waals surface area (Å²) < 4.78 is 0. The van der Waals surface area contributed by atoms with Gasteiger partial charge in [0.05, 0.1) is 0 Å². The molecular weight excluding hydrogens is 188 g/mol. The van der Waals surface area contributed by atoms with Crippen molar-refractivity contribution in [3.63, 3.8) is 0 Å². The van der Waals surface area contributed by atoms with Crippen LogP contribution in [0.25, 0.3) is 0 Å². The van der Waals surface area contributed by atoms with Crippen molar-refractivity contribution in [3.05, 3.63) is 29.8 Å². The molecule has 0 aliphatic rings. The molecular formula is C8H11ClMgS. The smallest absolute Gasteiger partial charge is 0.130 e. The molecule has 0 amide bonds. The van der Waals surface area contributed by atoms with E-state index in [9.17, 15) is 0 Å². The Bertz CT molecular complexity index is 175. The summed E-state index contributed by atoms with van der Waals surface area (Å²) >= 11 is 7.36. The molecule has 0 radical (unpaired) electrons. The van der Waals surface area contributed by atoms with Crippen molar-refractivity contribution in [2.45, 2.75) is 10.8 Å². The van der Waals surface area contributed by atoms with Crippen molar-refractivity contribution < 1.29 is 0 Å². The second kappa shape index (κ2) is 6.18. The molecule has 0 fully saturated rings. The molecule has 1 aromatic rings. The molecule has 3 heteroatoms. The van der Waals surface area contributed by atoms with E-state index < -0.39 is 0 Å². The van der Waals surface area contributed by atoms with Crippen molar-refractivity contribution in [2.75, 3.05) is 6.26 Å². The summed E-state index contributed by atoms with van der Waals surface area (Å²) in [7, 11) is 0. The molecule has 0 aliphatic heterocycles. The van der Waals surface area contributed by atoms with Gasteiger partial charge in [-0.05, 0) is 24.0 Å². The van der Waals surface area contributed by atoms with E-state index in [2.05, 4.69) is 30.5 Å². The van der Waals surface area contributed by atoms with Crippen LogP contribution >= 0.6 is 23.4 Å². The molecule has 0 heterocycles. The van der Waals surface area contributed by atoms with Crippen LogP contribution in [0.4, 0.5) is 0 Å². The lowest BCUT2D eigenvalue weighted by molar-refractivity contribution is 1.34. The minimum atomic E-state index is 0. The predicted molar refractivity (Wildman–Crippen MR) is 56.3 cm³/mol. The molecule has 1 rings (SSSR count). The van der Waals surface area contributed by atoms with Gasteiger partial charge in [0.25, 0.3) is 0 Å². The zero-order valence-electron chi connectivity index (χ0n) is 5.80. The normalized spacial score (nSPS) is 8.91. The van der Waals surface area contributed by atoms with Gasteiger partial charge in [-0.15, -0.1) is 23.4 Å². The van der Waals surface area contributed by atoms with Crippen LogP contribution in [0.5, 0.6) is 0 Å². The number of rotatable bonds is 2. The lowest BCUT2D eigenvalue weighted by Gasteiger charge is -1.96. The Labute approximate surface area is 92.9 Å². The Balaban J connectivity index is 0.000001000. The predicted octanol–water partition coefficient (Wildman–Crippen LogP) is 2.23. The summed E-state index contributed by atoms with van der Waals surface area (Å²) in [5, 5.41) is 0. The third kappa shape index (κ3) is 3.70. The fraction of sp³-hybridized carbons (Fsp3) is 0.250. The molecule has 0 N–H and O–H groups in total. The quantitative estimate of drug-likeness (QED) is 0.399. The highest BCUT2D eigenvalue weighted by Crippen LogP contribution is 2.15. The van der Waals surface area contributed by atoms with Gasteiger partial charge in [-0.2, -0.15) is 0 Å². The van der Waals surface area contributed by atoms with Crippen LogP contribution in [0.1, 0.15) is 5.56 Å². The number of alkyl halides is 1. The van der Waals surface area contributed by atoms with Crippen LogP contribution in [-0.2, 0) is 5.88 Å². The maximum absolute atomic E-state index is 5.62. The SMILES string of the molecule is CSc1ccc(CCl)cc1.[MgH2]. The van der Waals surface area contributed by atoms with Crippen LogP contribution in [0.3, 0.4) is 0 Å². The van der Waals surface area contributed by atoms with Gasteiger partial charge in [-0.3, -0.25) is 0 Å². The largest absolute Gasteiger partial charge is 0.316 e. The van der Waals surface area contributed by atoms with Crippen molar-refractivity contribution in [2.24, 2.45) is 0 Å².